The Bertz CT molecular complexity index is 2300. The Morgan fingerprint density at radius 3 is 2.30 bits per heavy atom. The van der Waals surface area contributed by atoms with E-state index in [-0.39, 0.29) is 60.8 Å². The standard InChI is InChI=1S/C46H56N8O6S/c1-29(31-17-19-32(20-18-31)44-30(2)48-28-61-44)49-46(60)39-23-35(55)27-54(39)43(59)24-47-41(57)15-9-7-5-3-4-6-8-10-16-42(58)53-25-34(26-53)37-21-33-22-38(51-52-45(33)50-37)36-13-11-12-14-40(36)56/h11-14,17-22,28-29,34-35,39,55-56H,3-10,15-16,23-27H2,1-2H3,(H,47,57)(H,49,60)(H,50,52)/t29-,35+,39-/m0/s1. The number of fused-ring (bicyclic) bond motifs is 1. The molecule has 2 fully saturated rings. The molecule has 15 heteroatoms. The van der Waals surface area contributed by atoms with Gasteiger partial charge < -0.3 is 35.6 Å². The quantitative estimate of drug-likeness (QED) is 0.0574. The zero-order chi connectivity index (χ0) is 42.9. The highest BCUT2D eigenvalue weighted by Gasteiger charge is 2.39. The molecule has 14 nitrogen and oxygen atoms in total. The monoisotopic (exact) mass is 848 g/mol. The number of amides is 4. The fraction of sp³-hybridized carbons (Fsp3) is 0.457. The average Bonchev–Trinajstić information content (AvgIpc) is 3.98. The Hall–Kier alpha value is -5.67. The molecule has 2 aromatic carbocycles. The molecule has 0 unspecified atom stereocenters. The molecule has 2 aliphatic heterocycles. The number of carbonyl (C=O) groups is 4. The molecule has 2 saturated heterocycles. The molecule has 7 rings (SSSR count). The lowest BCUT2D eigenvalue weighted by Crippen LogP contribution is -2.49. The van der Waals surface area contributed by atoms with Gasteiger partial charge >= 0.3 is 0 Å². The van der Waals surface area contributed by atoms with Crippen molar-refractivity contribution in [2.75, 3.05) is 26.2 Å². The second-order valence-corrected chi connectivity index (χ2v) is 17.3. The smallest absolute Gasteiger partial charge is 0.243 e. The van der Waals surface area contributed by atoms with Crippen LogP contribution in [0.1, 0.15) is 106 Å². The van der Waals surface area contributed by atoms with Gasteiger partial charge in [-0.2, -0.15) is 0 Å². The molecule has 322 valence electrons. The lowest BCUT2D eigenvalue weighted by molar-refractivity contribution is -0.139. The molecule has 61 heavy (non-hydrogen) atoms. The number of unbranched alkanes of at least 4 members (excludes halogenated alkanes) is 7. The summed E-state index contributed by atoms with van der Waals surface area (Å²) >= 11 is 1.58. The number of aromatic amines is 1. The number of rotatable bonds is 19. The van der Waals surface area contributed by atoms with Crippen LogP contribution in [0.4, 0.5) is 0 Å². The summed E-state index contributed by atoms with van der Waals surface area (Å²) in [5.74, 6) is -0.322. The Morgan fingerprint density at radius 2 is 1.59 bits per heavy atom. The number of para-hydroxylation sites is 1. The Morgan fingerprint density at radius 1 is 0.885 bits per heavy atom. The Labute approximate surface area is 360 Å². The van der Waals surface area contributed by atoms with Gasteiger partial charge in [-0.1, -0.05) is 74.9 Å². The molecule has 0 radical (unpaired) electrons. The number of aliphatic hydroxyl groups is 1. The molecule has 5 aromatic rings. The predicted molar refractivity (Wildman–Crippen MR) is 234 cm³/mol. The SMILES string of the molecule is Cc1ncsc1-c1ccc([C@H](C)NC(=O)[C@@H]2C[C@@H](O)CN2C(=O)CNC(=O)CCCCCCCCCCC(=O)N2CC(c3cc4cc(-c5ccccc5O)nnc4[nH]3)C2)cc1. The first-order chi connectivity index (χ1) is 29.5. The minimum atomic E-state index is -0.808. The van der Waals surface area contributed by atoms with E-state index in [9.17, 15) is 29.4 Å². The number of H-pyrrole nitrogens is 1. The number of aromatic hydroxyl groups is 1. The number of phenols is 1. The first kappa shape index (κ1) is 43.4. The fourth-order valence-electron chi connectivity index (χ4n) is 8.25. The topological polar surface area (TPSA) is 194 Å². The van der Waals surface area contributed by atoms with Crippen LogP contribution in [0.15, 0.2) is 66.2 Å². The third-order valence-corrected chi connectivity index (χ3v) is 12.9. The highest BCUT2D eigenvalue weighted by atomic mass is 32.1. The third-order valence-electron chi connectivity index (χ3n) is 11.9. The second kappa shape index (κ2) is 20.3. The molecule has 5 heterocycles. The maximum atomic E-state index is 13.3. The number of phenolic OH excluding ortho intramolecular Hbond substituents is 1. The van der Waals surface area contributed by atoms with Crippen molar-refractivity contribution in [3.63, 3.8) is 0 Å². The summed E-state index contributed by atoms with van der Waals surface area (Å²) in [6.45, 7) is 5.07. The van der Waals surface area contributed by atoms with Crippen LogP contribution in [-0.4, -0.2) is 102 Å². The minimum absolute atomic E-state index is 0.0497. The van der Waals surface area contributed by atoms with Crippen molar-refractivity contribution >= 4 is 46.0 Å². The van der Waals surface area contributed by atoms with E-state index in [1.807, 2.05) is 66.7 Å². The lowest BCUT2D eigenvalue weighted by Gasteiger charge is -2.39. The van der Waals surface area contributed by atoms with Gasteiger partial charge in [0.1, 0.15) is 11.8 Å². The number of hydrogen-bond donors (Lipinski definition) is 5. The van der Waals surface area contributed by atoms with E-state index >= 15 is 0 Å². The molecule has 3 atom stereocenters. The summed E-state index contributed by atoms with van der Waals surface area (Å²) in [6, 6.07) is 17.9. The van der Waals surface area contributed by atoms with E-state index < -0.39 is 12.1 Å². The van der Waals surface area contributed by atoms with Crippen molar-refractivity contribution < 1.29 is 29.4 Å². The predicted octanol–water partition coefficient (Wildman–Crippen LogP) is 6.54. The second-order valence-electron chi connectivity index (χ2n) is 16.4. The van der Waals surface area contributed by atoms with Crippen LogP contribution in [0.2, 0.25) is 0 Å². The van der Waals surface area contributed by atoms with Gasteiger partial charge in [0.05, 0.1) is 40.5 Å². The van der Waals surface area contributed by atoms with E-state index in [4.69, 9.17) is 0 Å². The summed E-state index contributed by atoms with van der Waals surface area (Å²) in [5, 5.41) is 35.8. The number of β-amino-alcohol motifs (C(OH)–C–C–N with tert-alkyl or cyclic N) is 1. The highest BCUT2D eigenvalue weighted by molar-refractivity contribution is 7.13. The van der Waals surface area contributed by atoms with Crippen molar-refractivity contribution in [3.05, 3.63) is 83.1 Å². The summed E-state index contributed by atoms with van der Waals surface area (Å²) in [7, 11) is 0. The molecular weight excluding hydrogens is 793 g/mol. The largest absolute Gasteiger partial charge is 0.507 e. The number of hydrogen-bond acceptors (Lipinski definition) is 10. The number of benzene rings is 2. The molecule has 0 bridgehead atoms. The zero-order valence-electron chi connectivity index (χ0n) is 34.9. The summed E-state index contributed by atoms with van der Waals surface area (Å²) in [4.78, 5) is 63.7. The lowest BCUT2D eigenvalue weighted by atomic mass is 9.95. The number of likely N-dealkylation sites (tertiary alicyclic amines) is 2. The third kappa shape index (κ3) is 11.0. The summed E-state index contributed by atoms with van der Waals surface area (Å²) in [6.07, 6.45) is 8.01. The molecule has 0 saturated carbocycles. The fourth-order valence-corrected chi connectivity index (χ4v) is 9.06. The first-order valence-corrected chi connectivity index (χ1v) is 22.4. The average molecular weight is 849 g/mol. The van der Waals surface area contributed by atoms with Gasteiger partial charge in [0.25, 0.3) is 0 Å². The van der Waals surface area contributed by atoms with Crippen LogP contribution < -0.4 is 10.6 Å². The molecule has 3 aromatic heterocycles. The van der Waals surface area contributed by atoms with Crippen LogP contribution in [-0.2, 0) is 19.2 Å². The number of nitrogens with zero attached hydrogens (tertiary/aromatic N) is 5. The van der Waals surface area contributed by atoms with E-state index in [1.54, 1.807) is 23.5 Å². The molecular formula is C46H56N8O6S. The Balaban J connectivity index is 0.711. The number of thiazole rings is 1. The van der Waals surface area contributed by atoms with Crippen LogP contribution in [0.25, 0.3) is 32.7 Å². The number of carbonyl (C=O) groups excluding carboxylic acids is 4. The van der Waals surface area contributed by atoms with Gasteiger partial charge in [0.2, 0.25) is 23.6 Å². The van der Waals surface area contributed by atoms with Crippen LogP contribution in [0, 0.1) is 6.92 Å². The highest BCUT2D eigenvalue weighted by Crippen LogP contribution is 2.33. The van der Waals surface area contributed by atoms with E-state index in [0.717, 1.165) is 84.1 Å². The van der Waals surface area contributed by atoms with Gasteiger partial charge in [-0.25, -0.2) is 4.98 Å². The molecule has 2 aliphatic rings. The van der Waals surface area contributed by atoms with E-state index in [0.29, 0.717) is 42.8 Å². The molecule has 0 aliphatic carbocycles. The van der Waals surface area contributed by atoms with Crippen LogP contribution in [0.5, 0.6) is 5.75 Å². The van der Waals surface area contributed by atoms with Crippen molar-refractivity contribution in [3.8, 4) is 27.4 Å². The van der Waals surface area contributed by atoms with Gasteiger partial charge in [-0.05, 0) is 62.1 Å². The Kier molecular flexibility index (Phi) is 14.4. The summed E-state index contributed by atoms with van der Waals surface area (Å²) in [5.41, 5.74) is 7.77. The summed E-state index contributed by atoms with van der Waals surface area (Å²) < 4.78 is 0. The van der Waals surface area contributed by atoms with Crippen LogP contribution in [0.3, 0.4) is 0 Å². The number of nitrogens with one attached hydrogen (secondary N) is 3. The normalized spacial score (nSPS) is 17.0. The van der Waals surface area contributed by atoms with Crippen molar-refractivity contribution in [2.24, 2.45) is 0 Å². The number of aryl methyl sites for hydroxylation is 1. The molecule has 5 N–H and O–H groups in total. The van der Waals surface area contributed by atoms with Gasteiger partial charge in [-0.15, -0.1) is 21.5 Å². The van der Waals surface area contributed by atoms with Crippen molar-refractivity contribution in [1.29, 1.82) is 0 Å². The van der Waals surface area contributed by atoms with E-state index in [1.165, 1.54) is 4.90 Å². The van der Waals surface area contributed by atoms with E-state index in [2.05, 4.69) is 36.9 Å². The van der Waals surface area contributed by atoms with Crippen LogP contribution >= 0.6 is 11.3 Å². The zero-order valence-corrected chi connectivity index (χ0v) is 35.8. The maximum absolute atomic E-state index is 13.3. The van der Waals surface area contributed by atoms with Gasteiger partial charge in [-0.3, -0.25) is 19.2 Å². The number of aliphatic hydroxyl groups excluding tert-OH is 1. The van der Waals surface area contributed by atoms with Gasteiger partial charge in [0.15, 0.2) is 5.65 Å². The van der Waals surface area contributed by atoms with Crippen molar-refractivity contribution in [2.45, 2.75) is 109 Å². The van der Waals surface area contributed by atoms with Crippen molar-refractivity contribution in [1.82, 2.24) is 40.6 Å². The van der Waals surface area contributed by atoms with Gasteiger partial charge in [0, 0.05) is 61.5 Å². The maximum Gasteiger partial charge on any atom is 0.243 e. The molecule has 4 amide bonds. The minimum Gasteiger partial charge on any atom is -0.507 e. The number of aromatic nitrogens is 4. The molecule has 0 spiro atoms. The first-order valence-electron chi connectivity index (χ1n) is 21.5.